The molecule has 1 fully saturated rings. The second-order valence-corrected chi connectivity index (χ2v) is 6.10. The van der Waals surface area contributed by atoms with E-state index in [0.717, 1.165) is 18.5 Å². The molecule has 0 saturated heterocycles. The number of carbonyl (C=O) groups excluding carboxylic acids is 1. The van der Waals surface area contributed by atoms with Crippen molar-refractivity contribution in [1.29, 1.82) is 0 Å². The third-order valence-electron chi connectivity index (χ3n) is 3.77. The lowest BCUT2D eigenvalue weighted by atomic mass is 10.3. The molecule has 0 aliphatic heterocycles. The number of para-hydroxylation sites is 1. The van der Waals surface area contributed by atoms with Gasteiger partial charge >= 0.3 is 0 Å². The minimum Gasteiger partial charge on any atom is -0.482 e. The fourth-order valence-corrected chi connectivity index (χ4v) is 2.47. The van der Waals surface area contributed by atoms with E-state index >= 15 is 0 Å². The summed E-state index contributed by atoms with van der Waals surface area (Å²) in [5.41, 5.74) is 0.780. The molecule has 1 N–H and O–H groups in total. The zero-order valence-corrected chi connectivity index (χ0v) is 13.8. The molecule has 0 bridgehead atoms. The van der Waals surface area contributed by atoms with Crippen molar-refractivity contribution in [3.8, 4) is 5.75 Å². The largest absolute Gasteiger partial charge is 0.482 e. The molecule has 2 aromatic rings. The van der Waals surface area contributed by atoms with Crippen molar-refractivity contribution in [3.63, 3.8) is 0 Å². The number of hydrogen-bond donors (Lipinski definition) is 1. The van der Waals surface area contributed by atoms with Crippen molar-refractivity contribution in [2.24, 2.45) is 0 Å². The van der Waals surface area contributed by atoms with Crippen LogP contribution in [0.15, 0.2) is 41.5 Å². The first kappa shape index (κ1) is 16.5. The van der Waals surface area contributed by atoms with Crippen molar-refractivity contribution in [1.82, 2.24) is 14.9 Å². The summed E-state index contributed by atoms with van der Waals surface area (Å²) in [5, 5.41) is 3.16. The standard InChI is InChI=1S/C17H18ClN3O3/c18-13-3-1-2-4-15(13)24-10-16(22)19-7-8-21-11-20-14(9-17(21)23)12-5-6-12/h1-4,9,11-12H,5-8,10H2,(H,19,22). The third-order valence-corrected chi connectivity index (χ3v) is 4.08. The number of ether oxygens (including phenoxy) is 1. The monoisotopic (exact) mass is 347 g/mol. The van der Waals surface area contributed by atoms with Gasteiger partial charge in [-0.05, 0) is 25.0 Å². The van der Waals surface area contributed by atoms with E-state index < -0.39 is 0 Å². The van der Waals surface area contributed by atoms with Crippen LogP contribution in [-0.2, 0) is 11.3 Å². The van der Waals surface area contributed by atoms with Crippen LogP contribution in [0, 0.1) is 0 Å². The lowest BCUT2D eigenvalue weighted by molar-refractivity contribution is -0.123. The molecule has 24 heavy (non-hydrogen) atoms. The summed E-state index contributed by atoms with van der Waals surface area (Å²) < 4.78 is 6.84. The van der Waals surface area contributed by atoms with E-state index in [1.54, 1.807) is 36.7 Å². The Morgan fingerprint density at radius 3 is 2.88 bits per heavy atom. The van der Waals surface area contributed by atoms with Gasteiger partial charge in [-0.3, -0.25) is 14.2 Å². The molecule has 0 spiro atoms. The van der Waals surface area contributed by atoms with Crippen molar-refractivity contribution < 1.29 is 9.53 Å². The van der Waals surface area contributed by atoms with Crippen LogP contribution >= 0.6 is 11.6 Å². The van der Waals surface area contributed by atoms with E-state index in [2.05, 4.69) is 10.3 Å². The van der Waals surface area contributed by atoms with Crippen molar-refractivity contribution in [2.75, 3.05) is 13.2 Å². The number of nitrogens with zero attached hydrogens (tertiary/aromatic N) is 2. The average Bonchev–Trinajstić information content (AvgIpc) is 3.40. The topological polar surface area (TPSA) is 73.2 Å². The Morgan fingerprint density at radius 1 is 1.38 bits per heavy atom. The predicted octanol–water partition coefficient (Wildman–Crippen LogP) is 1.97. The molecule has 1 aliphatic rings. The molecule has 6 nitrogen and oxygen atoms in total. The smallest absolute Gasteiger partial charge is 0.258 e. The van der Waals surface area contributed by atoms with Crippen LogP contribution in [0.4, 0.5) is 0 Å². The Hall–Kier alpha value is -2.34. The minimum absolute atomic E-state index is 0.0894. The second kappa shape index (κ2) is 7.49. The van der Waals surface area contributed by atoms with E-state index in [4.69, 9.17) is 16.3 Å². The Labute approximate surface area is 144 Å². The molecular weight excluding hydrogens is 330 g/mol. The van der Waals surface area contributed by atoms with Gasteiger partial charge in [-0.2, -0.15) is 0 Å². The Kier molecular flexibility index (Phi) is 5.15. The molecule has 126 valence electrons. The van der Waals surface area contributed by atoms with Crippen LogP contribution in [0.5, 0.6) is 5.75 Å². The van der Waals surface area contributed by atoms with Gasteiger partial charge in [0.15, 0.2) is 6.61 Å². The van der Waals surface area contributed by atoms with Crippen LogP contribution in [0.1, 0.15) is 24.5 Å². The van der Waals surface area contributed by atoms with Gasteiger partial charge in [0, 0.05) is 25.1 Å². The first-order valence-corrected chi connectivity index (χ1v) is 8.21. The molecule has 1 aromatic heterocycles. The van der Waals surface area contributed by atoms with Gasteiger partial charge in [-0.1, -0.05) is 23.7 Å². The van der Waals surface area contributed by atoms with Crippen LogP contribution in [0.2, 0.25) is 5.02 Å². The van der Waals surface area contributed by atoms with Gasteiger partial charge in [-0.25, -0.2) is 4.98 Å². The molecule has 1 amide bonds. The highest BCUT2D eigenvalue weighted by atomic mass is 35.5. The Morgan fingerprint density at radius 2 is 2.17 bits per heavy atom. The van der Waals surface area contributed by atoms with Crippen LogP contribution in [-0.4, -0.2) is 28.6 Å². The van der Waals surface area contributed by atoms with Crippen LogP contribution < -0.4 is 15.6 Å². The molecule has 1 aliphatic carbocycles. The quantitative estimate of drug-likeness (QED) is 0.831. The number of rotatable bonds is 7. The van der Waals surface area contributed by atoms with Gasteiger partial charge < -0.3 is 10.1 Å². The molecular formula is C17H18ClN3O3. The first-order chi connectivity index (χ1) is 11.6. The van der Waals surface area contributed by atoms with Gasteiger partial charge in [-0.15, -0.1) is 0 Å². The first-order valence-electron chi connectivity index (χ1n) is 7.84. The lowest BCUT2D eigenvalue weighted by Gasteiger charge is -2.09. The molecule has 0 unspecified atom stereocenters. The number of amides is 1. The maximum Gasteiger partial charge on any atom is 0.258 e. The number of halogens is 1. The highest BCUT2D eigenvalue weighted by Gasteiger charge is 2.25. The summed E-state index contributed by atoms with van der Waals surface area (Å²) >= 11 is 5.95. The van der Waals surface area contributed by atoms with E-state index in [-0.39, 0.29) is 18.1 Å². The van der Waals surface area contributed by atoms with E-state index in [0.29, 0.717) is 29.8 Å². The lowest BCUT2D eigenvalue weighted by Crippen LogP contribution is -2.33. The molecule has 3 rings (SSSR count). The summed E-state index contributed by atoms with van der Waals surface area (Å²) in [6, 6.07) is 8.54. The van der Waals surface area contributed by atoms with Gasteiger partial charge in [0.1, 0.15) is 5.75 Å². The van der Waals surface area contributed by atoms with Crippen molar-refractivity contribution >= 4 is 17.5 Å². The van der Waals surface area contributed by atoms with Crippen molar-refractivity contribution in [2.45, 2.75) is 25.3 Å². The zero-order chi connectivity index (χ0) is 16.9. The normalized spacial score (nSPS) is 13.5. The molecule has 1 saturated carbocycles. The van der Waals surface area contributed by atoms with Crippen molar-refractivity contribution in [3.05, 3.63) is 57.7 Å². The van der Waals surface area contributed by atoms with Gasteiger partial charge in [0.25, 0.3) is 11.5 Å². The van der Waals surface area contributed by atoms with Crippen LogP contribution in [0.25, 0.3) is 0 Å². The summed E-state index contributed by atoms with van der Waals surface area (Å²) in [5.74, 6) is 0.643. The molecule has 1 aromatic carbocycles. The molecule has 0 atom stereocenters. The third kappa shape index (κ3) is 4.35. The number of benzene rings is 1. The number of carbonyl (C=O) groups is 1. The van der Waals surface area contributed by atoms with Gasteiger partial charge in [0.2, 0.25) is 0 Å². The summed E-state index contributed by atoms with van der Waals surface area (Å²) in [4.78, 5) is 28.0. The fourth-order valence-electron chi connectivity index (χ4n) is 2.28. The summed E-state index contributed by atoms with van der Waals surface area (Å²) in [7, 11) is 0. The second-order valence-electron chi connectivity index (χ2n) is 5.69. The maximum absolute atomic E-state index is 12.0. The zero-order valence-electron chi connectivity index (χ0n) is 13.1. The highest BCUT2D eigenvalue weighted by Crippen LogP contribution is 2.38. The molecule has 7 heteroatoms. The fraction of sp³-hybridized carbons (Fsp3) is 0.353. The Balaban J connectivity index is 1.43. The number of aromatic nitrogens is 2. The number of hydrogen-bond acceptors (Lipinski definition) is 4. The summed E-state index contributed by atoms with van der Waals surface area (Å²) in [6.45, 7) is 0.571. The highest BCUT2D eigenvalue weighted by molar-refractivity contribution is 6.32. The maximum atomic E-state index is 12.0. The van der Waals surface area contributed by atoms with Crippen LogP contribution in [0.3, 0.4) is 0 Å². The minimum atomic E-state index is -0.273. The predicted molar refractivity (Wildman–Crippen MR) is 90.4 cm³/mol. The number of nitrogens with one attached hydrogen (secondary N) is 1. The van der Waals surface area contributed by atoms with Gasteiger partial charge in [0.05, 0.1) is 17.0 Å². The SMILES string of the molecule is O=C(COc1ccccc1Cl)NCCn1cnc(C2CC2)cc1=O. The molecule has 0 radical (unpaired) electrons. The Bertz CT molecular complexity index is 787. The average molecular weight is 348 g/mol. The molecule has 1 heterocycles. The summed E-state index contributed by atoms with van der Waals surface area (Å²) in [6.07, 6.45) is 3.76. The van der Waals surface area contributed by atoms with E-state index in [1.807, 2.05) is 0 Å². The van der Waals surface area contributed by atoms with E-state index in [9.17, 15) is 9.59 Å². The van der Waals surface area contributed by atoms with E-state index in [1.165, 1.54) is 4.57 Å².